The molecular weight excluding hydrogens is 220 g/mol. The van der Waals surface area contributed by atoms with Gasteiger partial charge in [0.05, 0.1) is 0 Å². The Labute approximate surface area is 99.4 Å². The van der Waals surface area contributed by atoms with Crippen LogP contribution in [0.4, 0.5) is 0 Å². The zero-order chi connectivity index (χ0) is 12.3. The summed E-state index contributed by atoms with van der Waals surface area (Å²) in [6.07, 6.45) is 5.16. The Balaban J connectivity index is 1.88. The fourth-order valence-corrected chi connectivity index (χ4v) is 1.79. The average Bonchev–Trinajstić information content (AvgIpc) is 2.97. The zero-order valence-corrected chi connectivity index (χ0v) is 9.56. The second kappa shape index (κ2) is 5.03. The van der Waals surface area contributed by atoms with Crippen LogP contribution in [0.15, 0.2) is 18.3 Å². The van der Waals surface area contributed by atoms with Crippen molar-refractivity contribution in [2.24, 2.45) is 5.92 Å². The van der Waals surface area contributed by atoms with Crippen LogP contribution in [0.2, 0.25) is 0 Å². The van der Waals surface area contributed by atoms with Gasteiger partial charge in [-0.25, -0.2) is 0 Å². The Morgan fingerprint density at radius 1 is 1.47 bits per heavy atom. The fourth-order valence-electron chi connectivity index (χ4n) is 1.79. The van der Waals surface area contributed by atoms with Gasteiger partial charge in [0.1, 0.15) is 12.2 Å². The molecule has 1 amide bonds. The van der Waals surface area contributed by atoms with Crippen LogP contribution in [0.1, 0.15) is 29.8 Å². The lowest BCUT2D eigenvalue weighted by atomic mass is 10.3. The topological polar surface area (TPSA) is 71.3 Å². The van der Waals surface area contributed by atoms with Gasteiger partial charge in [0.25, 0.3) is 5.91 Å². The first-order valence-corrected chi connectivity index (χ1v) is 5.82. The Morgan fingerprint density at radius 3 is 2.88 bits per heavy atom. The highest BCUT2D eigenvalue weighted by atomic mass is 16.4. The quantitative estimate of drug-likeness (QED) is 0.777. The van der Waals surface area contributed by atoms with E-state index in [9.17, 15) is 9.59 Å². The van der Waals surface area contributed by atoms with Crippen molar-refractivity contribution in [1.82, 2.24) is 9.88 Å². The third-order valence-electron chi connectivity index (χ3n) is 2.90. The van der Waals surface area contributed by atoms with Gasteiger partial charge in [0, 0.05) is 12.7 Å². The Kier molecular flexibility index (Phi) is 3.46. The van der Waals surface area contributed by atoms with Crippen LogP contribution < -0.4 is 5.32 Å². The van der Waals surface area contributed by atoms with E-state index in [1.807, 2.05) is 0 Å². The van der Waals surface area contributed by atoms with Gasteiger partial charge in [-0.1, -0.05) is 12.8 Å². The SMILES string of the molecule is O=C(O)Cn1cccc1C(=O)NCCC1CC1. The van der Waals surface area contributed by atoms with E-state index in [0.717, 1.165) is 12.3 Å². The molecule has 92 valence electrons. The van der Waals surface area contributed by atoms with Crippen molar-refractivity contribution in [3.8, 4) is 0 Å². The van der Waals surface area contributed by atoms with Crippen molar-refractivity contribution in [3.05, 3.63) is 24.0 Å². The Morgan fingerprint density at radius 2 is 2.24 bits per heavy atom. The highest BCUT2D eigenvalue weighted by molar-refractivity contribution is 5.93. The molecule has 0 aliphatic heterocycles. The first-order valence-electron chi connectivity index (χ1n) is 5.82. The number of hydrogen-bond acceptors (Lipinski definition) is 2. The molecule has 0 saturated heterocycles. The van der Waals surface area contributed by atoms with Gasteiger partial charge >= 0.3 is 5.97 Å². The molecule has 0 bridgehead atoms. The van der Waals surface area contributed by atoms with E-state index in [4.69, 9.17) is 5.11 Å². The largest absolute Gasteiger partial charge is 0.480 e. The average molecular weight is 236 g/mol. The van der Waals surface area contributed by atoms with Gasteiger partial charge < -0.3 is 15.0 Å². The maximum absolute atomic E-state index is 11.8. The van der Waals surface area contributed by atoms with Crippen molar-refractivity contribution in [2.75, 3.05) is 6.54 Å². The first-order chi connectivity index (χ1) is 8.16. The van der Waals surface area contributed by atoms with E-state index in [0.29, 0.717) is 12.2 Å². The van der Waals surface area contributed by atoms with Crippen molar-refractivity contribution in [3.63, 3.8) is 0 Å². The number of carboxylic acid groups (broad SMARTS) is 1. The predicted molar refractivity (Wildman–Crippen MR) is 61.7 cm³/mol. The second-order valence-corrected chi connectivity index (χ2v) is 4.40. The highest BCUT2D eigenvalue weighted by Gasteiger charge is 2.21. The molecule has 0 unspecified atom stereocenters. The molecule has 5 heteroatoms. The summed E-state index contributed by atoms with van der Waals surface area (Å²) in [7, 11) is 0. The molecule has 0 aromatic carbocycles. The van der Waals surface area contributed by atoms with Crippen LogP contribution in [0.25, 0.3) is 0 Å². The highest BCUT2D eigenvalue weighted by Crippen LogP contribution is 2.31. The molecule has 2 N–H and O–H groups in total. The molecule has 1 fully saturated rings. The van der Waals surface area contributed by atoms with Crippen molar-refractivity contribution in [2.45, 2.75) is 25.8 Å². The van der Waals surface area contributed by atoms with Crippen molar-refractivity contribution >= 4 is 11.9 Å². The lowest BCUT2D eigenvalue weighted by Gasteiger charge is -2.07. The molecule has 17 heavy (non-hydrogen) atoms. The smallest absolute Gasteiger partial charge is 0.323 e. The molecule has 0 radical (unpaired) electrons. The van der Waals surface area contributed by atoms with Crippen LogP contribution >= 0.6 is 0 Å². The summed E-state index contributed by atoms with van der Waals surface area (Å²) < 4.78 is 1.44. The molecule has 1 heterocycles. The lowest BCUT2D eigenvalue weighted by molar-refractivity contribution is -0.137. The summed E-state index contributed by atoms with van der Waals surface area (Å²) in [6.45, 7) is 0.486. The van der Waals surface area contributed by atoms with Gasteiger partial charge in [-0.3, -0.25) is 9.59 Å². The molecule has 5 nitrogen and oxygen atoms in total. The number of amides is 1. The first kappa shape index (κ1) is 11.7. The number of carbonyl (C=O) groups excluding carboxylic acids is 1. The monoisotopic (exact) mass is 236 g/mol. The van der Waals surface area contributed by atoms with Gasteiger partial charge in [-0.15, -0.1) is 0 Å². The van der Waals surface area contributed by atoms with Crippen molar-refractivity contribution < 1.29 is 14.7 Å². The van der Waals surface area contributed by atoms with E-state index < -0.39 is 5.97 Å². The molecule has 1 aliphatic rings. The van der Waals surface area contributed by atoms with Crippen LogP contribution in [-0.4, -0.2) is 28.1 Å². The van der Waals surface area contributed by atoms with E-state index in [2.05, 4.69) is 5.32 Å². The summed E-state index contributed by atoms with van der Waals surface area (Å²) in [5.41, 5.74) is 0.406. The molecule has 2 rings (SSSR count). The third-order valence-corrected chi connectivity index (χ3v) is 2.90. The fraction of sp³-hybridized carbons (Fsp3) is 0.500. The summed E-state index contributed by atoms with van der Waals surface area (Å²) in [4.78, 5) is 22.4. The number of hydrogen-bond donors (Lipinski definition) is 2. The van der Waals surface area contributed by atoms with Gasteiger partial charge in [-0.2, -0.15) is 0 Å². The number of nitrogens with zero attached hydrogens (tertiary/aromatic N) is 1. The molecule has 1 aromatic heterocycles. The van der Waals surface area contributed by atoms with Gasteiger partial charge in [0.15, 0.2) is 0 Å². The van der Waals surface area contributed by atoms with Crippen LogP contribution in [0.5, 0.6) is 0 Å². The van der Waals surface area contributed by atoms with Gasteiger partial charge in [-0.05, 0) is 24.5 Å². The van der Waals surface area contributed by atoms with Crippen molar-refractivity contribution in [1.29, 1.82) is 0 Å². The van der Waals surface area contributed by atoms with E-state index >= 15 is 0 Å². The zero-order valence-electron chi connectivity index (χ0n) is 9.56. The maximum atomic E-state index is 11.8. The lowest BCUT2D eigenvalue weighted by Crippen LogP contribution is -2.27. The third kappa shape index (κ3) is 3.34. The van der Waals surface area contributed by atoms with Gasteiger partial charge in [0.2, 0.25) is 0 Å². The maximum Gasteiger partial charge on any atom is 0.323 e. The molecule has 1 saturated carbocycles. The number of aliphatic carboxylic acids is 1. The van der Waals surface area contributed by atoms with E-state index in [1.165, 1.54) is 17.4 Å². The molecule has 0 atom stereocenters. The molecule has 1 aliphatic carbocycles. The van der Waals surface area contributed by atoms with E-state index in [-0.39, 0.29) is 12.5 Å². The number of carbonyl (C=O) groups is 2. The second-order valence-electron chi connectivity index (χ2n) is 4.40. The standard InChI is InChI=1S/C12H16N2O3/c15-11(16)8-14-7-1-2-10(14)12(17)13-6-5-9-3-4-9/h1-2,7,9H,3-6,8H2,(H,13,17)(H,15,16). The number of rotatable bonds is 6. The molecular formula is C12H16N2O3. The van der Waals surface area contributed by atoms with Crippen LogP contribution in [0.3, 0.4) is 0 Å². The summed E-state index contributed by atoms with van der Waals surface area (Å²) >= 11 is 0. The van der Waals surface area contributed by atoms with Crippen LogP contribution in [-0.2, 0) is 11.3 Å². The summed E-state index contributed by atoms with van der Waals surface area (Å²) in [6, 6.07) is 3.31. The minimum absolute atomic E-state index is 0.182. The van der Waals surface area contributed by atoms with Crippen LogP contribution in [0, 0.1) is 5.92 Å². The Bertz CT molecular complexity index is 421. The number of aromatic nitrogens is 1. The van der Waals surface area contributed by atoms with E-state index in [1.54, 1.807) is 18.3 Å². The minimum atomic E-state index is -0.951. The normalized spacial score (nSPS) is 14.6. The summed E-state index contributed by atoms with van der Waals surface area (Å²) in [5.74, 6) is -0.369. The number of nitrogens with one attached hydrogen (secondary N) is 1. The summed E-state index contributed by atoms with van der Waals surface area (Å²) in [5, 5.41) is 11.5. The number of carboxylic acids is 1. The molecule has 1 aromatic rings. The predicted octanol–water partition coefficient (Wildman–Crippen LogP) is 1.10. The Hall–Kier alpha value is -1.78. The minimum Gasteiger partial charge on any atom is -0.480 e. The molecule has 0 spiro atoms.